The van der Waals surface area contributed by atoms with Crippen molar-refractivity contribution in [3.63, 3.8) is 0 Å². The van der Waals surface area contributed by atoms with Crippen LogP contribution in [0.5, 0.6) is 0 Å². The third-order valence-corrected chi connectivity index (χ3v) is 3.18. The maximum atomic E-state index is 11.1. The standard InChI is InChI=1S/C9H19NO2S/c1-4-7(3)13-6-8(10)9(11)12-5-2/h7-8H,4-6,10H2,1-3H3. The Morgan fingerprint density at radius 2 is 2.15 bits per heavy atom. The van der Waals surface area contributed by atoms with Gasteiger partial charge in [0, 0.05) is 11.0 Å². The maximum Gasteiger partial charge on any atom is 0.323 e. The number of hydrogen-bond donors (Lipinski definition) is 1. The van der Waals surface area contributed by atoms with Crippen LogP contribution in [0.4, 0.5) is 0 Å². The SMILES string of the molecule is CCOC(=O)C(N)CSC(C)CC. The third kappa shape index (κ3) is 5.93. The zero-order chi connectivity index (χ0) is 10.3. The molecule has 0 radical (unpaired) electrons. The van der Waals surface area contributed by atoms with Crippen LogP contribution in [0.2, 0.25) is 0 Å². The first-order valence-electron chi connectivity index (χ1n) is 4.65. The van der Waals surface area contributed by atoms with Crippen LogP contribution in [0.15, 0.2) is 0 Å². The number of carbonyl (C=O) groups excluding carboxylic acids is 1. The maximum absolute atomic E-state index is 11.1. The molecule has 0 aliphatic carbocycles. The molecular weight excluding hydrogens is 186 g/mol. The van der Waals surface area contributed by atoms with Crippen molar-refractivity contribution >= 4 is 17.7 Å². The largest absolute Gasteiger partial charge is 0.465 e. The summed E-state index contributed by atoms with van der Waals surface area (Å²) < 4.78 is 4.79. The minimum absolute atomic E-state index is 0.293. The summed E-state index contributed by atoms with van der Waals surface area (Å²) >= 11 is 1.71. The van der Waals surface area contributed by atoms with E-state index in [4.69, 9.17) is 10.5 Å². The van der Waals surface area contributed by atoms with Crippen LogP contribution in [0.3, 0.4) is 0 Å². The minimum atomic E-state index is -0.473. The van der Waals surface area contributed by atoms with Gasteiger partial charge in [-0.15, -0.1) is 0 Å². The molecule has 0 aromatic carbocycles. The zero-order valence-corrected chi connectivity index (χ0v) is 9.39. The first-order chi connectivity index (χ1) is 6.11. The van der Waals surface area contributed by atoms with E-state index in [0.29, 0.717) is 17.6 Å². The lowest BCUT2D eigenvalue weighted by atomic mass is 10.4. The third-order valence-electron chi connectivity index (χ3n) is 1.72. The predicted octanol–water partition coefficient (Wildman–Crippen LogP) is 1.41. The number of ether oxygens (including phenoxy) is 1. The van der Waals surface area contributed by atoms with Crippen molar-refractivity contribution < 1.29 is 9.53 Å². The number of hydrogen-bond acceptors (Lipinski definition) is 4. The smallest absolute Gasteiger partial charge is 0.323 e. The van der Waals surface area contributed by atoms with E-state index in [9.17, 15) is 4.79 Å². The molecule has 0 bridgehead atoms. The quantitative estimate of drug-likeness (QED) is 0.666. The van der Waals surface area contributed by atoms with Crippen molar-refractivity contribution in [1.82, 2.24) is 0 Å². The van der Waals surface area contributed by atoms with Crippen molar-refractivity contribution in [1.29, 1.82) is 0 Å². The van der Waals surface area contributed by atoms with Gasteiger partial charge < -0.3 is 10.5 Å². The molecule has 13 heavy (non-hydrogen) atoms. The molecule has 3 nitrogen and oxygen atoms in total. The predicted molar refractivity (Wildman–Crippen MR) is 56.8 cm³/mol. The van der Waals surface area contributed by atoms with Gasteiger partial charge in [0.15, 0.2) is 0 Å². The van der Waals surface area contributed by atoms with E-state index >= 15 is 0 Å². The average molecular weight is 205 g/mol. The highest BCUT2D eigenvalue weighted by molar-refractivity contribution is 7.99. The summed E-state index contributed by atoms with van der Waals surface area (Å²) in [4.78, 5) is 11.1. The van der Waals surface area contributed by atoms with E-state index in [1.165, 1.54) is 0 Å². The van der Waals surface area contributed by atoms with Crippen LogP contribution in [-0.2, 0) is 9.53 Å². The molecule has 0 amide bonds. The number of nitrogens with two attached hydrogens (primary N) is 1. The summed E-state index contributed by atoms with van der Waals surface area (Å²) in [5.41, 5.74) is 5.61. The van der Waals surface area contributed by atoms with Gasteiger partial charge in [-0.3, -0.25) is 4.79 Å². The summed E-state index contributed by atoms with van der Waals surface area (Å²) in [6.45, 7) is 6.43. The lowest BCUT2D eigenvalue weighted by Gasteiger charge is -2.12. The van der Waals surface area contributed by atoms with E-state index in [1.807, 2.05) is 0 Å². The van der Waals surface area contributed by atoms with Crippen LogP contribution in [0.25, 0.3) is 0 Å². The molecule has 2 unspecified atom stereocenters. The van der Waals surface area contributed by atoms with Gasteiger partial charge in [0.25, 0.3) is 0 Å². The Kier molecular flexibility index (Phi) is 7.09. The Bertz CT molecular complexity index is 153. The topological polar surface area (TPSA) is 52.3 Å². The van der Waals surface area contributed by atoms with Gasteiger partial charge in [-0.2, -0.15) is 11.8 Å². The summed E-state index contributed by atoms with van der Waals surface area (Å²) in [5, 5.41) is 0.556. The minimum Gasteiger partial charge on any atom is -0.465 e. The molecule has 2 atom stereocenters. The normalized spacial score (nSPS) is 15.1. The van der Waals surface area contributed by atoms with Gasteiger partial charge in [-0.1, -0.05) is 13.8 Å². The summed E-state index contributed by atoms with van der Waals surface area (Å²) in [5.74, 6) is 0.353. The molecule has 0 aromatic heterocycles. The lowest BCUT2D eigenvalue weighted by molar-refractivity contribution is -0.144. The Balaban J connectivity index is 3.60. The Labute approximate surface area is 84.4 Å². The van der Waals surface area contributed by atoms with Crippen LogP contribution in [-0.4, -0.2) is 29.6 Å². The van der Waals surface area contributed by atoms with Gasteiger partial charge in [0.05, 0.1) is 6.61 Å². The van der Waals surface area contributed by atoms with E-state index in [2.05, 4.69) is 13.8 Å². The average Bonchev–Trinajstić information content (AvgIpc) is 2.13. The molecule has 0 saturated heterocycles. The molecule has 0 spiro atoms. The van der Waals surface area contributed by atoms with Gasteiger partial charge >= 0.3 is 5.97 Å². The van der Waals surface area contributed by atoms with Crippen LogP contribution >= 0.6 is 11.8 Å². The van der Waals surface area contributed by atoms with Gasteiger partial charge in [-0.05, 0) is 13.3 Å². The van der Waals surface area contributed by atoms with Gasteiger partial charge in [-0.25, -0.2) is 0 Å². The molecule has 0 rings (SSSR count). The van der Waals surface area contributed by atoms with Crippen LogP contribution in [0, 0.1) is 0 Å². The molecule has 78 valence electrons. The molecule has 0 aromatic rings. The second kappa shape index (κ2) is 7.21. The molecule has 0 heterocycles. The van der Waals surface area contributed by atoms with Crippen molar-refractivity contribution in [2.45, 2.75) is 38.5 Å². The van der Waals surface area contributed by atoms with Crippen molar-refractivity contribution in [3.05, 3.63) is 0 Å². The fourth-order valence-corrected chi connectivity index (χ4v) is 1.61. The lowest BCUT2D eigenvalue weighted by Crippen LogP contribution is -2.35. The van der Waals surface area contributed by atoms with Crippen molar-refractivity contribution in [2.24, 2.45) is 5.73 Å². The molecule has 0 aliphatic heterocycles. The van der Waals surface area contributed by atoms with Gasteiger partial charge in [0.1, 0.15) is 6.04 Å². The first kappa shape index (κ1) is 12.8. The number of rotatable bonds is 6. The Morgan fingerprint density at radius 3 is 2.62 bits per heavy atom. The first-order valence-corrected chi connectivity index (χ1v) is 5.70. The summed E-state index contributed by atoms with van der Waals surface area (Å²) in [7, 11) is 0. The second-order valence-electron chi connectivity index (χ2n) is 2.91. The fraction of sp³-hybridized carbons (Fsp3) is 0.889. The van der Waals surface area contributed by atoms with Crippen LogP contribution < -0.4 is 5.73 Å². The van der Waals surface area contributed by atoms with Crippen LogP contribution in [0.1, 0.15) is 27.2 Å². The number of thioether (sulfide) groups is 1. The summed E-state index contributed by atoms with van der Waals surface area (Å²) in [6.07, 6.45) is 1.10. The Hall–Kier alpha value is -0.220. The molecule has 0 saturated carbocycles. The van der Waals surface area contributed by atoms with E-state index in [-0.39, 0.29) is 5.97 Å². The molecule has 0 fully saturated rings. The molecule has 2 N–H and O–H groups in total. The van der Waals surface area contributed by atoms with Crippen molar-refractivity contribution in [3.8, 4) is 0 Å². The highest BCUT2D eigenvalue weighted by Crippen LogP contribution is 2.14. The summed E-state index contributed by atoms with van der Waals surface area (Å²) in [6, 6.07) is -0.473. The highest BCUT2D eigenvalue weighted by atomic mass is 32.2. The fourth-order valence-electron chi connectivity index (χ4n) is 0.703. The highest BCUT2D eigenvalue weighted by Gasteiger charge is 2.15. The van der Waals surface area contributed by atoms with Crippen molar-refractivity contribution in [2.75, 3.05) is 12.4 Å². The zero-order valence-electron chi connectivity index (χ0n) is 8.58. The number of carbonyl (C=O) groups is 1. The number of esters is 1. The van der Waals surface area contributed by atoms with E-state index in [0.717, 1.165) is 6.42 Å². The van der Waals surface area contributed by atoms with Gasteiger partial charge in [0.2, 0.25) is 0 Å². The molecule has 4 heteroatoms. The Morgan fingerprint density at radius 1 is 1.54 bits per heavy atom. The monoisotopic (exact) mass is 205 g/mol. The molecular formula is C9H19NO2S. The molecule has 0 aliphatic rings. The van der Waals surface area contributed by atoms with E-state index < -0.39 is 6.04 Å². The van der Waals surface area contributed by atoms with E-state index in [1.54, 1.807) is 18.7 Å². The second-order valence-corrected chi connectivity index (χ2v) is 4.38.